The Morgan fingerprint density at radius 3 is 2.57 bits per heavy atom. The molecular weight excluding hydrogens is 316 g/mol. The first-order valence-corrected chi connectivity index (χ1v) is 7.77. The van der Waals surface area contributed by atoms with Crippen molar-refractivity contribution in [3.8, 4) is 11.4 Å². The van der Waals surface area contributed by atoms with Crippen molar-refractivity contribution in [3.63, 3.8) is 0 Å². The Kier molecular flexibility index (Phi) is 4.31. The largest absolute Gasteiger partial charge is 0.332 e. The predicted molar refractivity (Wildman–Crippen MR) is 88.4 cm³/mol. The summed E-state index contributed by atoms with van der Waals surface area (Å²) >= 11 is -2.09. The van der Waals surface area contributed by atoms with Crippen molar-refractivity contribution in [1.82, 2.24) is 19.5 Å². The van der Waals surface area contributed by atoms with E-state index in [4.69, 9.17) is 4.55 Å². The van der Waals surface area contributed by atoms with Gasteiger partial charge in [0.25, 0.3) is 11.3 Å². The molecule has 0 aliphatic heterocycles. The molecule has 3 rings (SSSR count). The van der Waals surface area contributed by atoms with Gasteiger partial charge in [0.2, 0.25) is 5.95 Å². The SMILES string of the molecule is Cn1cncc1-c1ccnc(Nc2ccc(NS(=O)O)cc2)n1. The van der Waals surface area contributed by atoms with Crippen molar-refractivity contribution in [2.45, 2.75) is 0 Å². The maximum atomic E-state index is 10.7. The summed E-state index contributed by atoms with van der Waals surface area (Å²) in [6.07, 6.45) is 5.12. The summed E-state index contributed by atoms with van der Waals surface area (Å²) in [5, 5.41) is 3.09. The Morgan fingerprint density at radius 2 is 1.91 bits per heavy atom. The van der Waals surface area contributed by atoms with E-state index >= 15 is 0 Å². The van der Waals surface area contributed by atoms with Gasteiger partial charge in [-0.1, -0.05) is 0 Å². The number of nitrogens with zero attached hydrogens (tertiary/aromatic N) is 4. The number of rotatable bonds is 5. The van der Waals surface area contributed by atoms with Gasteiger partial charge in [-0.25, -0.2) is 19.2 Å². The molecule has 9 heteroatoms. The average molecular weight is 330 g/mol. The molecule has 2 aromatic heterocycles. The van der Waals surface area contributed by atoms with E-state index in [1.807, 2.05) is 17.7 Å². The number of aromatic nitrogens is 4. The zero-order chi connectivity index (χ0) is 16.2. The van der Waals surface area contributed by atoms with Gasteiger partial charge in [0.15, 0.2) is 0 Å². The van der Waals surface area contributed by atoms with Crippen molar-refractivity contribution >= 4 is 28.6 Å². The van der Waals surface area contributed by atoms with Crippen LogP contribution in [0, 0.1) is 0 Å². The second kappa shape index (κ2) is 6.55. The molecule has 3 aromatic rings. The van der Waals surface area contributed by atoms with Crippen LogP contribution in [0.1, 0.15) is 0 Å². The topological polar surface area (TPSA) is 105 Å². The van der Waals surface area contributed by atoms with E-state index in [1.165, 1.54) is 0 Å². The molecule has 2 heterocycles. The molecule has 8 nitrogen and oxygen atoms in total. The van der Waals surface area contributed by atoms with E-state index in [1.54, 1.807) is 43.0 Å². The van der Waals surface area contributed by atoms with Crippen molar-refractivity contribution in [3.05, 3.63) is 49.1 Å². The standard InChI is InChI=1S/C14H14N6O2S/c1-20-9-15-8-13(20)12-6-7-16-14(18-12)17-10-2-4-11(5-3-10)19-23(21)22/h2-9,19H,1H3,(H,21,22)(H,16,17,18). The quantitative estimate of drug-likeness (QED) is 0.619. The molecule has 3 N–H and O–H groups in total. The number of nitrogens with one attached hydrogen (secondary N) is 2. The van der Waals surface area contributed by atoms with Crippen LogP contribution in [0.4, 0.5) is 17.3 Å². The molecule has 1 atom stereocenters. The molecule has 1 aromatic carbocycles. The maximum absolute atomic E-state index is 10.7. The highest BCUT2D eigenvalue weighted by molar-refractivity contribution is 7.80. The lowest BCUT2D eigenvalue weighted by atomic mass is 10.3. The lowest BCUT2D eigenvalue weighted by Gasteiger charge is -2.08. The number of benzene rings is 1. The third-order valence-corrected chi connectivity index (χ3v) is 3.49. The Bertz CT molecular complexity index is 833. The first kappa shape index (κ1) is 15.1. The van der Waals surface area contributed by atoms with E-state index in [0.29, 0.717) is 11.6 Å². The third kappa shape index (κ3) is 3.71. The number of imidazole rings is 1. The van der Waals surface area contributed by atoms with Crippen molar-refractivity contribution in [2.75, 3.05) is 10.0 Å². The number of hydrogen-bond donors (Lipinski definition) is 3. The lowest BCUT2D eigenvalue weighted by molar-refractivity contribution is 0.570. The highest BCUT2D eigenvalue weighted by Crippen LogP contribution is 2.20. The molecule has 1 unspecified atom stereocenters. The van der Waals surface area contributed by atoms with Gasteiger partial charge in [0.1, 0.15) is 0 Å². The monoisotopic (exact) mass is 330 g/mol. The van der Waals surface area contributed by atoms with Crippen LogP contribution < -0.4 is 10.0 Å². The minimum Gasteiger partial charge on any atom is -0.332 e. The molecule has 0 fully saturated rings. The minimum atomic E-state index is -2.09. The first-order valence-electron chi connectivity index (χ1n) is 6.66. The fourth-order valence-corrected chi connectivity index (χ4v) is 2.35. The van der Waals surface area contributed by atoms with E-state index in [-0.39, 0.29) is 0 Å². The van der Waals surface area contributed by atoms with Crippen LogP contribution in [0.15, 0.2) is 49.1 Å². The van der Waals surface area contributed by atoms with E-state index in [2.05, 4.69) is 25.0 Å². The fraction of sp³-hybridized carbons (Fsp3) is 0.0714. The minimum absolute atomic E-state index is 0.454. The molecule has 0 saturated carbocycles. The molecule has 0 bridgehead atoms. The van der Waals surface area contributed by atoms with Gasteiger partial charge < -0.3 is 9.88 Å². The normalized spacial score (nSPS) is 11.9. The van der Waals surface area contributed by atoms with Gasteiger partial charge in [0.05, 0.1) is 23.9 Å². The van der Waals surface area contributed by atoms with Crippen LogP contribution in [-0.4, -0.2) is 28.3 Å². The summed E-state index contributed by atoms with van der Waals surface area (Å²) in [6.45, 7) is 0. The smallest absolute Gasteiger partial charge is 0.259 e. The highest BCUT2D eigenvalue weighted by Gasteiger charge is 2.06. The molecule has 0 saturated heterocycles. The number of anilines is 3. The van der Waals surface area contributed by atoms with Crippen LogP contribution in [0.3, 0.4) is 0 Å². The second-order valence-electron chi connectivity index (χ2n) is 4.71. The average Bonchev–Trinajstić information content (AvgIpc) is 2.95. The maximum Gasteiger partial charge on any atom is 0.259 e. The number of aryl methyl sites for hydroxylation is 1. The molecule has 0 aliphatic carbocycles. The number of hydrogen-bond acceptors (Lipinski definition) is 5. The van der Waals surface area contributed by atoms with Gasteiger partial charge in [-0.2, -0.15) is 0 Å². The van der Waals surface area contributed by atoms with E-state index < -0.39 is 11.3 Å². The van der Waals surface area contributed by atoms with E-state index in [9.17, 15) is 4.21 Å². The molecule has 0 radical (unpaired) electrons. The second-order valence-corrected chi connectivity index (χ2v) is 5.41. The van der Waals surface area contributed by atoms with Gasteiger partial charge >= 0.3 is 0 Å². The fourth-order valence-electron chi connectivity index (χ4n) is 2.02. The van der Waals surface area contributed by atoms with Gasteiger partial charge in [-0.15, -0.1) is 0 Å². The Morgan fingerprint density at radius 1 is 1.17 bits per heavy atom. The van der Waals surface area contributed by atoms with Crippen LogP contribution in [0.5, 0.6) is 0 Å². The zero-order valence-electron chi connectivity index (χ0n) is 12.2. The summed E-state index contributed by atoms with van der Waals surface area (Å²) < 4.78 is 23.7. The van der Waals surface area contributed by atoms with Crippen molar-refractivity contribution < 1.29 is 8.76 Å². The van der Waals surface area contributed by atoms with Crippen molar-refractivity contribution in [1.29, 1.82) is 0 Å². The van der Waals surface area contributed by atoms with Gasteiger partial charge in [0, 0.05) is 24.6 Å². The summed E-state index contributed by atoms with van der Waals surface area (Å²) in [5.74, 6) is 0.454. The predicted octanol–water partition coefficient (Wildman–Crippen LogP) is 2.17. The van der Waals surface area contributed by atoms with Gasteiger partial charge in [-0.05, 0) is 30.3 Å². The molecular formula is C14H14N6O2S. The summed E-state index contributed by atoms with van der Waals surface area (Å²) in [6, 6.07) is 8.69. The molecule has 23 heavy (non-hydrogen) atoms. The van der Waals surface area contributed by atoms with Crippen LogP contribution in [0.25, 0.3) is 11.4 Å². The Balaban J connectivity index is 1.78. The molecule has 0 spiro atoms. The summed E-state index contributed by atoms with van der Waals surface area (Å²) in [5.41, 5.74) is 2.96. The molecule has 0 amide bonds. The Hall–Kier alpha value is -2.78. The lowest BCUT2D eigenvalue weighted by Crippen LogP contribution is -2.02. The zero-order valence-corrected chi connectivity index (χ0v) is 13.0. The summed E-state index contributed by atoms with van der Waals surface area (Å²) in [7, 11) is 1.90. The van der Waals surface area contributed by atoms with E-state index in [0.717, 1.165) is 17.1 Å². The molecule has 118 valence electrons. The van der Waals surface area contributed by atoms with Crippen LogP contribution >= 0.6 is 0 Å². The van der Waals surface area contributed by atoms with Crippen molar-refractivity contribution in [2.24, 2.45) is 7.05 Å². The third-order valence-electron chi connectivity index (χ3n) is 3.08. The van der Waals surface area contributed by atoms with Crippen LogP contribution in [-0.2, 0) is 18.3 Å². The first-order chi connectivity index (χ1) is 11.1. The highest BCUT2D eigenvalue weighted by atomic mass is 32.2. The van der Waals surface area contributed by atoms with Crippen LogP contribution in [0.2, 0.25) is 0 Å². The molecule has 0 aliphatic rings. The Labute approximate surface area is 135 Å². The summed E-state index contributed by atoms with van der Waals surface area (Å²) in [4.78, 5) is 12.7. The van der Waals surface area contributed by atoms with Gasteiger partial charge in [-0.3, -0.25) is 9.27 Å².